The van der Waals surface area contributed by atoms with Gasteiger partial charge in [0.05, 0.1) is 12.3 Å². The fraction of sp³-hybridized carbons (Fsp3) is 0.350. The van der Waals surface area contributed by atoms with E-state index in [4.69, 9.17) is 4.74 Å². The molecule has 9 heteroatoms. The molecule has 1 aliphatic heterocycles. The lowest BCUT2D eigenvalue weighted by Gasteiger charge is -2.24. The zero-order valence-corrected chi connectivity index (χ0v) is 16.6. The number of ether oxygens (including phenoxy) is 1. The van der Waals surface area contributed by atoms with Crippen molar-refractivity contribution in [3.63, 3.8) is 0 Å². The number of fused-ring (bicyclic) bond motifs is 1. The lowest BCUT2D eigenvalue weighted by molar-refractivity contribution is -0.147. The van der Waals surface area contributed by atoms with Gasteiger partial charge in [0.25, 0.3) is 0 Å². The molecule has 29 heavy (non-hydrogen) atoms. The smallest absolute Gasteiger partial charge is 0.229 e. The summed E-state index contributed by atoms with van der Waals surface area (Å²) in [5.41, 5.74) is 0.735. The van der Waals surface area contributed by atoms with Crippen LogP contribution in [0.3, 0.4) is 0 Å². The molecule has 0 radical (unpaired) electrons. The van der Waals surface area contributed by atoms with Gasteiger partial charge in [-0.3, -0.25) is 19.5 Å². The number of nitrogens with zero attached hydrogens (tertiary/aromatic N) is 2. The monoisotopic (exact) mass is 415 g/mol. The van der Waals surface area contributed by atoms with Gasteiger partial charge in [-0.25, -0.2) is 13.1 Å². The van der Waals surface area contributed by atoms with Crippen LogP contribution in [0.2, 0.25) is 0 Å². The van der Waals surface area contributed by atoms with Crippen molar-refractivity contribution in [2.24, 2.45) is 0 Å². The fourth-order valence-corrected chi connectivity index (χ4v) is 3.76. The molecule has 0 atom stereocenters. The lowest BCUT2D eigenvalue weighted by Crippen LogP contribution is -2.44. The minimum atomic E-state index is -3.65. The summed E-state index contributed by atoms with van der Waals surface area (Å²) in [5, 5.41) is 0.955. The third kappa shape index (κ3) is 5.76. The molecule has 0 spiro atoms. The highest BCUT2D eigenvalue weighted by Crippen LogP contribution is 2.22. The number of pyridine rings is 1. The summed E-state index contributed by atoms with van der Waals surface area (Å²) in [6.45, 7) is -0.132. The molecule has 8 nitrogen and oxygen atoms in total. The second kappa shape index (κ2) is 9.49. The minimum absolute atomic E-state index is 0.0820. The molecule has 0 unspecified atom stereocenters. The van der Waals surface area contributed by atoms with Crippen LogP contribution in [0.5, 0.6) is 5.75 Å². The van der Waals surface area contributed by atoms with E-state index in [0.29, 0.717) is 12.2 Å². The number of imide groups is 1. The van der Waals surface area contributed by atoms with Gasteiger partial charge in [-0.1, -0.05) is 30.0 Å². The van der Waals surface area contributed by atoms with Crippen LogP contribution in [0.25, 0.3) is 10.9 Å². The second-order valence-corrected chi connectivity index (χ2v) is 8.33. The van der Waals surface area contributed by atoms with Crippen LogP contribution in [-0.2, 0) is 19.6 Å². The number of carbonyl (C=O) groups is 2. The van der Waals surface area contributed by atoms with Gasteiger partial charge in [-0.05, 0) is 18.6 Å². The van der Waals surface area contributed by atoms with Gasteiger partial charge in [-0.2, -0.15) is 0 Å². The van der Waals surface area contributed by atoms with E-state index in [1.54, 1.807) is 12.3 Å². The Hall–Kier alpha value is -2.96. The van der Waals surface area contributed by atoms with E-state index in [-0.39, 0.29) is 50.1 Å². The standard InChI is InChI=1S/C20H21N3O5S/c24-18-9-4-10-19(25)23(18)13-15-29(26,27)22-12-1-2-14-28-17-8-3-6-16-7-5-11-21-20(16)17/h3,5-8,11,22H,4,9-10,12-15H2. The molecule has 1 fully saturated rings. The third-order valence-corrected chi connectivity index (χ3v) is 5.67. The molecular weight excluding hydrogens is 394 g/mol. The zero-order valence-electron chi connectivity index (χ0n) is 15.8. The number of amides is 2. The molecule has 2 aromatic rings. The average Bonchev–Trinajstić information content (AvgIpc) is 2.70. The first-order valence-electron chi connectivity index (χ1n) is 9.19. The number of rotatable bonds is 7. The van der Waals surface area contributed by atoms with Crippen LogP contribution in [0.4, 0.5) is 0 Å². The third-order valence-electron chi connectivity index (χ3n) is 4.37. The molecule has 152 valence electrons. The van der Waals surface area contributed by atoms with Gasteiger partial charge in [0.1, 0.15) is 17.9 Å². The van der Waals surface area contributed by atoms with E-state index in [1.165, 1.54) is 0 Å². The van der Waals surface area contributed by atoms with E-state index in [9.17, 15) is 18.0 Å². The number of sulfonamides is 1. The topological polar surface area (TPSA) is 106 Å². The number of likely N-dealkylation sites (tertiary alicyclic amines) is 1. The first kappa shape index (κ1) is 20.8. The van der Waals surface area contributed by atoms with E-state index in [1.807, 2.05) is 24.3 Å². The van der Waals surface area contributed by atoms with E-state index in [0.717, 1.165) is 15.8 Å². The van der Waals surface area contributed by atoms with Gasteiger partial charge in [-0.15, -0.1) is 0 Å². The van der Waals surface area contributed by atoms with Gasteiger partial charge >= 0.3 is 0 Å². The molecule has 1 aromatic carbocycles. The minimum Gasteiger partial charge on any atom is -0.479 e. The Labute approximate surface area is 169 Å². The molecule has 1 aliphatic rings. The predicted molar refractivity (Wildman–Crippen MR) is 107 cm³/mol. The Morgan fingerprint density at radius 2 is 1.86 bits per heavy atom. The maximum Gasteiger partial charge on any atom is 0.229 e. The highest BCUT2D eigenvalue weighted by molar-refractivity contribution is 7.89. The quantitative estimate of drug-likeness (QED) is 0.536. The maximum absolute atomic E-state index is 12.0. The second-order valence-electron chi connectivity index (χ2n) is 6.41. The molecule has 0 saturated carbocycles. The summed E-state index contributed by atoms with van der Waals surface area (Å²) in [7, 11) is -3.65. The zero-order chi connectivity index (χ0) is 20.7. The number of benzene rings is 1. The molecule has 0 aliphatic carbocycles. The van der Waals surface area contributed by atoms with Crippen molar-refractivity contribution in [3.8, 4) is 17.6 Å². The lowest BCUT2D eigenvalue weighted by atomic mass is 10.1. The summed E-state index contributed by atoms with van der Waals surface area (Å²) in [5.74, 6) is 5.04. The maximum atomic E-state index is 12.0. The van der Waals surface area contributed by atoms with Crippen LogP contribution in [0, 0.1) is 11.8 Å². The number of carbonyl (C=O) groups excluding carboxylic acids is 2. The van der Waals surface area contributed by atoms with Crippen molar-refractivity contribution in [3.05, 3.63) is 36.5 Å². The van der Waals surface area contributed by atoms with Crippen molar-refractivity contribution in [2.75, 3.05) is 25.4 Å². The first-order chi connectivity index (χ1) is 14.0. The Kier molecular flexibility index (Phi) is 6.80. The highest BCUT2D eigenvalue weighted by Gasteiger charge is 2.26. The van der Waals surface area contributed by atoms with E-state index in [2.05, 4.69) is 21.5 Å². The molecule has 2 amide bonds. The van der Waals surface area contributed by atoms with Gasteiger partial charge in [0, 0.05) is 31.0 Å². The van der Waals surface area contributed by atoms with Crippen LogP contribution in [-0.4, -0.2) is 55.6 Å². The van der Waals surface area contributed by atoms with E-state index >= 15 is 0 Å². The molecule has 3 rings (SSSR count). The van der Waals surface area contributed by atoms with Crippen molar-refractivity contribution < 1.29 is 22.7 Å². The molecule has 1 aromatic heterocycles. The van der Waals surface area contributed by atoms with Gasteiger partial charge < -0.3 is 4.74 Å². The normalized spacial score (nSPS) is 14.6. The summed E-state index contributed by atoms with van der Waals surface area (Å²) in [4.78, 5) is 28.7. The Morgan fingerprint density at radius 3 is 2.66 bits per heavy atom. The van der Waals surface area contributed by atoms with Crippen LogP contribution < -0.4 is 9.46 Å². The van der Waals surface area contributed by atoms with Crippen molar-refractivity contribution in [1.29, 1.82) is 0 Å². The van der Waals surface area contributed by atoms with Crippen molar-refractivity contribution in [2.45, 2.75) is 19.3 Å². The Morgan fingerprint density at radius 1 is 1.10 bits per heavy atom. The number of hydrogen-bond acceptors (Lipinski definition) is 6. The number of piperidine rings is 1. The SMILES string of the molecule is O=C1CCCC(=O)N1CCS(=O)(=O)NCC#CCOc1cccc2cccnc12. The van der Waals surface area contributed by atoms with Crippen molar-refractivity contribution in [1.82, 2.24) is 14.6 Å². The van der Waals surface area contributed by atoms with Crippen molar-refractivity contribution >= 4 is 32.7 Å². The Balaban J connectivity index is 1.44. The molecule has 1 saturated heterocycles. The molecular formula is C20H21N3O5S. The Bertz CT molecular complexity index is 1050. The van der Waals surface area contributed by atoms with E-state index < -0.39 is 10.0 Å². The number of hydrogen-bond donors (Lipinski definition) is 1. The average molecular weight is 415 g/mol. The highest BCUT2D eigenvalue weighted by atomic mass is 32.2. The molecule has 2 heterocycles. The van der Waals surface area contributed by atoms with Crippen LogP contribution in [0.1, 0.15) is 19.3 Å². The number of nitrogens with one attached hydrogen (secondary N) is 1. The number of para-hydroxylation sites is 1. The van der Waals surface area contributed by atoms with Gasteiger partial charge in [0.2, 0.25) is 21.8 Å². The predicted octanol–water partition coefficient (Wildman–Crippen LogP) is 1.08. The summed E-state index contributed by atoms with van der Waals surface area (Å²) in [6, 6.07) is 9.36. The largest absolute Gasteiger partial charge is 0.479 e. The van der Waals surface area contributed by atoms with Crippen LogP contribution in [0.15, 0.2) is 36.5 Å². The summed E-state index contributed by atoms with van der Waals surface area (Å²) < 4.78 is 32.0. The van der Waals surface area contributed by atoms with Crippen LogP contribution >= 0.6 is 0 Å². The number of aromatic nitrogens is 1. The molecule has 0 bridgehead atoms. The first-order valence-corrected chi connectivity index (χ1v) is 10.8. The summed E-state index contributed by atoms with van der Waals surface area (Å²) in [6.07, 6.45) is 2.75. The van der Waals surface area contributed by atoms with Gasteiger partial charge in [0.15, 0.2) is 0 Å². The fourth-order valence-electron chi connectivity index (χ4n) is 2.90. The molecule has 1 N–H and O–H groups in total. The summed E-state index contributed by atoms with van der Waals surface area (Å²) >= 11 is 0.